The number of aliphatic hydroxyl groups excluding tert-OH is 1. The highest BCUT2D eigenvalue weighted by atomic mass is 32.2. The van der Waals surface area contributed by atoms with Gasteiger partial charge in [-0.1, -0.05) is 12.8 Å². The molecule has 1 unspecified atom stereocenters. The van der Waals surface area contributed by atoms with Crippen molar-refractivity contribution in [1.82, 2.24) is 4.72 Å². The van der Waals surface area contributed by atoms with Gasteiger partial charge in [-0.15, -0.1) is 11.3 Å². The van der Waals surface area contributed by atoms with E-state index in [2.05, 4.69) is 4.72 Å². The highest BCUT2D eigenvalue weighted by molar-refractivity contribution is 7.89. The lowest BCUT2D eigenvalue weighted by molar-refractivity contribution is 0.203. The van der Waals surface area contributed by atoms with Gasteiger partial charge in [-0.25, -0.2) is 13.1 Å². The zero-order chi connectivity index (χ0) is 20.4. The molecule has 2 N–H and O–H groups in total. The van der Waals surface area contributed by atoms with Crippen molar-refractivity contribution in [3.8, 4) is 11.5 Å². The number of nitrogens with one attached hydrogen (secondary N) is 1. The lowest BCUT2D eigenvalue weighted by Crippen LogP contribution is -2.38. The molecule has 1 aliphatic carbocycles. The van der Waals surface area contributed by atoms with Gasteiger partial charge >= 0.3 is 0 Å². The van der Waals surface area contributed by atoms with Crippen LogP contribution in [0.15, 0.2) is 35.2 Å². The Morgan fingerprint density at radius 3 is 2.39 bits per heavy atom. The number of thiophene rings is 1. The third-order valence-corrected chi connectivity index (χ3v) is 8.29. The Morgan fingerprint density at radius 2 is 1.82 bits per heavy atom. The summed E-state index contributed by atoms with van der Waals surface area (Å²) in [6.07, 6.45) is 3.49. The van der Waals surface area contributed by atoms with Gasteiger partial charge in [-0.2, -0.15) is 0 Å². The van der Waals surface area contributed by atoms with Crippen LogP contribution in [0.25, 0.3) is 0 Å². The first-order valence-electron chi connectivity index (χ1n) is 9.31. The number of hydrogen-bond donors (Lipinski definition) is 2. The number of rotatable bonds is 8. The normalized spacial score (nSPS) is 17.4. The smallest absolute Gasteiger partial charge is 0.240 e. The lowest BCUT2D eigenvalue weighted by atomic mass is 9.85. The van der Waals surface area contributed by atoms with E-state index in [1.165, 1.54) is 26.4 Å². The van der Waals surface area contributed by atoms with E-state index in [0.29, 0.717) is 18.0 Å². The Labute approximate surface area is 170 Å². The van der Waals surface area contributed by atoms with Crippen molar-refractivity contribution in [2.75, 3.05) is 20.8 Å². The lowest BCUT2D eigenvalue weighted by Gasteiger charge is -2.28. The predicted octanol–water partition coefficient (Wildman–Crippen LogP) is 3.61. The standard InChI is InChI=1S/C20H27NO5S2/c1-14(22)18-8-9-19(27-18)20(10-4-5-11-20)13-21-28(23,24)15-6-7-16(25-2)17(12-15)26-3/h6-9,12,14,21-22H,4-5,10-11,13H2,1-3H3. The van der Waals surface area contributed by atoms with Gasteiger partial charge in [0.2, 0.25) is 10.0 Å². The fourth-order valence-electron chi connectivity index (χ4n) is 3.72. The number of sulfonamides is 1. The van der Waals surface area contributed by atoms with E-state index in [0.717, 1.165) is 35.4 Å². The molecule has 0 spiro atoms. The van der Waals surface area contributed by atoms with Gasteiger partial charge < -0.3 is 14.6 Å². The summed E-state index contributed by atoms with van der Waals surface area (Å²) in [5.41, 5.74) is -0.221. The van der Waals surface area contributed by atoms with Crippen molar-refractivity contribution in [3.63, 3.8) is 0 Å². The second-order valence-corrected chi connectivity index (χ2v) is 10.1. The molecule has 1 heterocycles. The van der Waals surface area contributed by atoms with Crippen LogP contribution in [-0.4, -0.2) is 34.3 Å². The summed E-state index contributed by atoms with van der Waals surface area (Å²) in [5, 5.41) is 9.84. The Balaban J connectivity index is 1.83. The number of ether oxygens (including phenoxy) is 2. The Bertz CT molecular complexity index is 914. The van der Waals surface area contributed by atoms with Crippen LogP contribution < -0.4 is 14.2 Å². The third kappa shape index (κ3) is 4.20. The summed E-state index contributed by atoms with van der Waals surface area (Å²) in [7, 11) is -0.703. The fourth-order valence-corrected chi connectivity index (χ4v) is 6.06. The van der Waals surface area contributed by atoms with Crippen LogP contribution in [0.1, 0.15) is 48.5 Å². The molecular weight excluding hydrogens is 398 g/mol. The summed E-state index contributed by atoms with van der Waals surface area (Å²) in [6, 6.07) is 8.55. The maximum Gasteiger partial charge on any atom is 0.240 e. The number of methoxy groups -OCH3 is 2. The molecule has 1 aromatic carbocycles. The highest BCUT2D eigenvalue weighted by Crippen LogP contribution is 2.44. The van der Waals surface area contributed by atoms with E-state index < -0.39 is 16.1 Å². The van der Waals surface area contributed by atoms with Crippen LogP contribution in [-0.2, 0) is 15.4 Å². The molecule has 0 saturated heterocycles. The molecule has 3 rings (SSSR count). The second kappa shape index (κ2) is 8.41. The quantitative estimate of drug-likeness (QED) is 0.675. The monoisotopic (exact) mass is 425 g/mol. The number of aliphatic hydroxyl groups is 1. The molecule has 1 saturated carbocycles. The predicted molar refractivity (Wildman–Crippen MR) is 110 cm³/mol. The largest absolute Gasteiger partial charge is 0.493 e. The van der Waals surface area contributed by atoms with Crippen LogP contribution in [0.3, 0.4) is 0 Å². The van der Waals surface area contributed by atoms with Crippen LogP contribution in [0.2, 0.25) is 0 Å². The topological polar surface area (TPSA) is 84.9 Å². The first-order valence-corrected chi connectivity index (χ1v) is 11.6. The minimum atomic E-state index is -3.69. The van der Waals surface area contributed by atoms with Crippen molar-refractivity contribution >= 4 is 21.4 Å². The minimum absolute atomic E-state index is 0.147. The van der Waals surface area contributed by atoms with Crippen molar-refractivity contribution < 1.29 is 23.0 Å². The van der Waals surface area contributed by atoms with Crippen LogP contribution in [0.4, 0.5) is 0 Å². The van der Waals surface area contributed by atoms with Crippen molar-refractivity contribution in [1.29, 1.82) is 0 Å². The van der Waals surface area contributed by atoms with E-state index in [-0.39, 0.29) is 10.3 Å². The van der Waals surface area contributed by atoms with Crippen LogP contribution in [0.5, 0.6) is 11.5 Å². The molecule has 6 nitrogen and oxygen atoms in total. The van der Waals surface area contributed by atoms with Crippen molar-refractivity contribution in [2.45, 2.75) is 49.0 Å². The van der Waals surface area contributed by atoms with Crippen molar-refractivity contribution in [2.24, 2.45) is 0 Å². The molecule has 8 heteroatoms. The summed E-state index contributed by atoms with van der Waals surface area (Å²) < 4.78 is 39.0. The van der Waals surface area contributed by atoms with Gasteiger partial charge in [0, 0.05) is 27.8 Å². The van der Waals surface area contributed by atoms with E-state index in [9.17, 15) is 13.5 Å². The zero-order valence-electron chi connectivity index (χ0n) is 16.4. The maximum absolute atomic E-state index is 12.9. The maximum atomic E-state index is 12.9. The average Bonchev–Trinajstić information content (AvgIpc) is 3.36. The molecule has 0 bridgehead atoms. The first-order chi connectivity index (χ1) is 13.3. The van der Waals surface area contributed by atoms with Crippen LogP contribution >= 0.6 is 11.3 Å². The molecule has 0 aliphatic heterocycles. The van der Waals surface area contributed by atoms with Gasteiger partial charge in [-0.05, 0) is 44.0 Å². The van der Waals surface area contributed by atoms with Crippen LogP contribution in [0, 0.1) is 0 Å². The molecule has 1 aromatic heterocycles. The molecule has 1 aliphatic rings. The number of hydrogen-bond acceptors (Lipinski definition) is 6. The molecule has 0 radical (unpaired) electrons. The molecular formula is C20H27NO5S2. The van der Waals surface area contributed by atoms with E-state index >= 15 is 0 Å². The van der Waals surface area contributed by atoms with E-state index in [1.807, 2.05) is 12.1 Å². The summed E-state index contributed by atoms with van der Waals surface area (Å²) in [6.45, 7) is 2.08. The Hall–Kier alpha value is -1.61. The Morgan fingerprint density at radius 1 is 1.14 bits per heavy atom. The third-order valence-electron chi connectivity index (χ3n) is 5.39. The van der Waals surface area contributed by atoms with E-state index in [4.69, 9.17) is 9.47 Å². The minimum Gasteiger partial charge on any atom is -0.493 e. The zero-order valence-corrected chi connectivity index (χ0v) is 18.0. The molecule has 0 amide bonds. The van der Waals surface area contributed by atoms with Gasteiger partial charge in [0.1, 0.15) is 0 Å². The van der Waals surface area contributed by atoms with Gasteiger partial charge in [0.15, 0.2) is 11.5 Å². The first kappa shape index (κ1) is 21.1. The van der Waals surface area contributed by atoms with Gasteiger partial charge in [-0.3, -0.25) is 0 Å². The molecule has 1 atom stereocenters. The van der Waals surface area contributed by atoms with Crippen molar-refractivity contribution in [3.05, 3.63) is 40.1 Å². The average molecular weight is 426 g/mol. The molecule has 1 fully saturated rings. The molecule has 154 valence electrons. The highest BCUT2D eigenvalue weighted by Gasteiger charge is 2.38. The summed E-state index contributed by atoms with van der Waals surface area (Å²) in [4.78, 5) is 2.19. The summed E-state index contributed by atoms with van der Waals surface area (Å²) in [5.74, 6) is 0.860. The van der Waals surface area contributed by atoms with Gasteiger partial charge in [0.05, 0.1) is 25.2 Å². The van der Waals surface area contributed by atoms with Gasteiger partial charge in [0.25, 0.3) is 0 Å². The number of benzene rings is 1. The summed E-state index contributed by atoms with van der Waals surface area (Å²) >= 11 is 1.57. The fraction of sp³-hybridized carbons (Fsp3) is 0.500. The molecule has 28 heavy (non-hydrogen) atoms. The second-order valence-electron chi connectivity index (χ2n) is 7.21. The molecule has 2 aromatic rings. The Kier molecular flexibility index (Phi) is 6.34. The SMILES string of the molecule is COc1ccc(S(=O)(=O)NCC2(c3ccc(C(C)O)s3)CCCC2)cc1OC. The van der Waals surface area contributed by atoms with E-state index in [1.54, 1.807) is 24.3 Å².